The van der Waals surface area contributed by atoms with E-state index in [1.165, 1.54) is 0 Å². The van der Waals surface area contributed by atoms with Crippen molar-refractivity contribution in [3.63, 3.8) is 0 Å². The maximum Gasteiger partial charge on any atom is 0.240 e. The summed E-state index contributed by atoms with van der Waals surface area (Å²) in [5, 5.41) is 0.252. The number of rotatable bonds is 6. The molecule has 0 aliphatic heterocycles. The molecule has 0 saturated carbocycles. The Bertz CT molecular complexity index is 460. The van der Waals surface area contributed by atoms with Crippen LogP contribution >= 0.6 is 11.8 Å². The topological polar surface area (TPSA) is 72.2 Å². The minimum atomic E-state index is -3.42. The van der Waals surface area contributed by atoms with Crippen molar-refractivity contribution in [3.8, 4) is 0 Å². The van der Waals surface area contributed by atoms with Crippen molar-refractivity contribution >= 4 is 21.8 Å². The van der Waals surface area contributed by atoms with Crippen LogP contribution in [-0.4, -0.2) is 26.5 Å². The highest BCUT2D eigenvalue weighted by molar-refractivity contribution is 7.99. The monoisotopic (exact) mass is 274 g/mol. The van der Waals surface area contributed by atoms with Crippen molar-refractivity contribution in [2.24, 2.45) is 5.73 Å². The summed E-state index contributed by atoms with van der Waals surface area (Å²) in [6.45, 7) is 2.74. The van der Waals surface area contributed by atoms with Crippen molar-refractivity contribution in [2.45, 2.75) is 23.6 Å². The third-order valence-corrected chi connectivity index (χ3v) is 4.80. The summed E-state index contributed by atoms with van der Waals surface area (Å²) in [4.78, 5) is 0.272. The van der Waals surface area contributed by atoms with Crippen LogP contribution in [0, 0.1) is 0 Å². The predicted octanol–water partition coefficient (Wildman–Crippen LogP) is 1.18. The lowest BCUT2D eigenvalue weighted by Gasteiger charge is -2.11. The molecule has 1 atom stereocenters. The van der Waals surface area contributed by atoms with Crippen LogP contribution in [0.25, 0.3) is 0 Å². The smallest absolute Gasteiger partial charge is 0.240 e. The van der Waals surface area contributed by atoms with Gasteiger partial charge in [-0.15, -0.1) is 0 Å². The van der Waals surface area contributed by atoms with Crippen LogP contribution in [0.15, 0.2) is 29.2 Å². The Morgan fingerprint density at radius 1 is 1.47 bits per heavy atom. The SMILES string of the molecule is CSC(C)CNS(=O)(=O)c1cccc(CN)c1. The van der Waals surface area contributed by atoms with Gasteiger partial charge >= 0.3 is 0 Å². The maximum atomic E-state index is 12.0. The normalized spacial score (nSPS) is 13.6. The van der Waals surface area contributed by atoms with Gasteiger partial charge in [-0.1, -0.05) is 19.1 Å². The summed E-state index contributed by atoms with van der Waals surface area (Å²) in [5.41, 5.74) is 6.30. The number of hydrogen-bond donors (Lipinski definition) is 2. The van der Waals surface area contributed by atoms with Gasteiger partial charge in [0.25, 0.3) is 0 Å². The number of nitrogens with one attached hydrogen (secondary N) is 1. The first kappa shape index (κ1) is 14.5. The molecule has 0 bridgehead atoms. The average Bonchev–Trinajstić information content (AvgIpc) is 2.36. The van der Waals surface area contributed by atoms with Crippen molar-refractivity contribution in [1.82, 2.24) is 4.72 Å². The van der Waals surface area contributed by atoms with Gasteiger partial charge in [0.2, 0.25) is 10.0 Å². The minimum Gasteiger partial charge on any atom is -0.326 e. The van der Waals surface area contributed by atoms with Gasteiger partial charge in [-0.2, -0.15) is 11.8 Å². The van der Waals surface area contributed by atoms with E-state index in [2.05, 4.69) is 4.72 Å². The Morgan fingerprint density at radius 3 is 2.76 bits per heavy atom. The van der Waals surface area contributed by atoms with Gasteiger partial charge in [0.1, 0.15) is 0 Å². The Hall–Kier alpha value is -0.560. The van der Waals surface area contributed by atoms with E-state index >= 15 is 0 Å². The van der Waals surface area contributed by atoms with E-state index in [1.54, 1.807) is 30.0 Å². The predicted molar refractivity (Wildman–Crippen MR) is 72.5 cm³/mol. The van der Waals surface area contributed by atoms with Crippen molar-refractivity contribution in [3.05, 3.63) is 29.8 Å². The Kier molecular flexibility index (Phi) is 5.45. The lowest BCUT2D eigenvalue weighted by Crippen LogP contribution is -2.29. The second kappa shape index (κ2) is 6.39. The molecule has 0 spiro atoms. The first-order valence-electron chi connectivity index (χ1n) is 5.31. The molecule has 0 amide bonds. The molecule has 96 valence electrons. The van der Waals surface area contributed by atoms with Gasteiger partial charge in [0, 0.05) is 18.3 Å². The third-order valence-electron chi connectivity index (χ3n) is 2.41. The van der Waals surface area contributed by atoms with Crippen LogP contribution in [0.5, 0.6) is 0 Å². The Labute approximate surface area is 107 Å². The summed E-state index contributed by atoms with van der Waals surface area (Å²) in [6, 6.07) is 6.69. The zero-order valence-electron chi connectivity index (χ0n) is 10.0. The highest BCUT2D eigenvalue weighted by atomic mass is 32.2. The van der Waals surface area contributed by atoms with E-state index in [-0.39, 0.29) is 10.1 Å². The second-order valence-corrected chi connectivity index (χ2v) is 6.79. The summed E-state index contributed by atoms with van der Waals surface area (Å²) >= 11 is 1.62. The molecule has 0 aliphatic rings. The first-order chi connectivity index (χ1) is 7.99. The fourth-order valence-corrected chi connectivity index (χ4v) is 2.79. The lowest BCUT2D eigenvalue weighted by atomic mass is 10.2. The van der Waals surface area contributed by atoms with E-state index in [1.807, 2.05) is 19.2 Å². The van der Waals surface area contributed by atoms with Gasteiger partial charge in [0.15, 0.2) is 0 Å². The Morgan fingerprint density at radius 2 is 2.18 bits per heavy atom. The van der Waals surface area contributed by atoms with Crippen LogP contribution < -0.4 is 10.5 Å². The molecule has 0 saturated heterocycles. The quantitative estimate of drug-likeness (QED) is 0.817. The van der Waals surface area contributed by atoms with Crippen LogP contribution in [0.2, 0.25) is 0 Å². The summed E-state index contributed by atoms with van der Waals surface area (Å²) < 4.78 is 26.5. The Balaban J connectivity index is 2.82. The van der Waals surface area contributed by atoms with Gasteiger partial charge in [0.05, 0.1) is 4.90 Å². The van der Waals surface area contributed by atoms with Crippen molar-refractivity contribution < 1.29 is 8.42 Å². The van der Waals surface area contributed by atoms with E-state index in [9.17, 15) is 8.42 Å². The average molecular weight is 274 g/mol. The molecule has 1 aromatic rings. The molecule has 1 rings (SSSR count). The zero-order chi connectivity index (χ0) is 12.9. The zero-order valence-corrected chi connectivity index (χ0v) is 11.6. The number of hydrogen-bond acceptors (Lipinski definition) is 4. The molecule has 0 aliphatic carbocycles. The fourth-order valence-electron chi connectivity index (χ4n) is 1.23. The summed E-state index contributed by atoms with van der Waals surface area (Å²) in [6.07, 6.45) is 1.95. The second-order valence-electron chi connectivity index (χ2n) is 3.75. The number of thioether (sulfide) groups is 1. The number of nitrogens with two attached hydrogens (primary N) is 1. The standard InChI is InChI=1S/C11H18N2O2S2/c1-9(16-2)8-13-17(14,15)11-5-3-4-10(6-11)7-12/h3-6,9,13H,7-8,12H2,1-2H3. The van der Waals surface area contributed by atoms with Crippen LogP contribution in [0.1, 0.15) is 12.5 Å². The molecule has 0 heterocycles. The number of sulfonamides is 1. The summed E-state index contributed by atoms with van der Waals surface area (Å²) in [7, 11) is -3.42. The third kappa shape index (κ3) is 4.31. The molecule has 4 nitrogen and oxygen atoms in total. The molecule has 3 N–H and O–H groups in total. The molecule has 1 aromatic carbocycles. The van der Waals surface area contributed by atoms with E-state index in [0.29, 0.717) is 13.1 Å². The molecular formula is C11H18N2O2S2. The van der Waals surface area contributed by atoms with Gasteiger partial charge in [-0.05, 0) is 24.0 Å². The molecule has 0 aromatic heterocycles. The molecule has 6 heteroatoms. The summed E-state index contributed by atoms with van der Waals surface area (Å²) in [5.74, 6) is 0. The molecule has 0 radical (unpaired) electrons. The molecular weight excluding hydrogens is 256 g/mol. The molecule has 0 fully saturated rings. The van der Waals surface area contributed by atoms with Gasteiger partial charge in [-0.3, -0.25) is 0 Å². The first-order valence-corrected chi connectivity index (χ1v) is 8.08. The minimum absolute atomic E-state index is 0.252. The van der Waals surface area contributed by atoms with Gasteiger partial charge in [-0.25, -0.2) is 13.1 Å². The molecule has 17 heavy (non-hydrogen) atoms. The largest absolute Gasteiger partial charge is 0.326 e. The number of benzene rings is 1. The highest BCUT2D eigenvalue weighted by Crippen LogP contribution is 2.12. The maximum absolute atomic E-state index is 12.0. The fraction of sp³-hybridized carbons (Fsp3) is 0.455. The van der Waals surface area contributed by atoms with Crippen LogP contribution in [-0.2, 0) is 16.6 Å². The molecule has 1 unspecified atom stereocenters. The van der Waals surface area contributed by atoms with E-state index in [4.69, 9.17) is 5.73 Å². The van der Waals surface area contributed by atoms with Crippen molar-refractivity contribution in [1.29, 1.82) is 0 Å². The van der Waals surface area contributed by atoms with Crippen LogP contribution in [0.3, 0.4) is 0 Å². The van der Waals surface area contributed by atoms with E-state index < -0.39 is 10.0 Å². The van der Waals surface area contributed by atoms with Gasteiger partial charge < -0.3 is 5.73 Å². The van der Waals surface area contributed by atoms with Crippen molar-refractivity contribution in [2.75, 3.05) is 12.8 Å². The van der Waals surface area contributed by atoms with E-state index in [0.717, 1.165) is 5.56 Å². The van der Waals surface area contributed by atoms with Crippen LogP contribution in [0.4, 0.5) is 0 Å². The lowest BCUT2D eigenvalue weighted by molar-refractivity contribution is 0.581. The highest BCUT2D eigenvalue weighted by Gasteiger charge is 2.14.